The summed E-state index contributed by atoms with van der Waals surface area (Å²) in [5.74, 6) is -0.355. The molecular weight excluding hydrogens is 868 g/mol. The number of carbonyl (C=O) groups is 2. The van der Waals surface area contributed by atoms with Gasteiger partial charge in [0.1, 0.15) is 17.7 Å². The van der Waals surface area contributed by atoms with Gasteiger partial charge in [-0.15, -0.1) is 0 Å². The second kappa shape index (κ2) is 19.8. The molecule has 1 aliphatic carbocycles. The topological polar surface area (TPSA) is 170 Å². The molecule has 2 aliphatic rings. The summed E-state index contributed by atoms with van der Waals surface area (Å²) < 4.78 is 17.5. The predicted molar refractivity (Wildman–Crippen MR) is 230 cm³/mol. The third-order valence-electron chi connectivity index (χ3n) is 10.2. The molecule has 18 heteroatoms. The van der Waals surface area contributed by atoms with Crippen LogP contribution in [0.15, 0.2) is 65.7 Å². The van der Waals surface area contributed by atoms with Gasteiger partial charge in [-0.25, -0.2) is 24.8 Å². The van der Waals surface area contributed by atoms with Crippen molar-refractivity contribution >= 4 is 79.2 Å². The number of imidazole rings is 1. The van der Waals surface area contributed by atoms with Gasteiger partial charge < -0.3 is 35.2 Å². The number of hydroxylamine groups is 1. The average Bonchev–Trinajstić information content (AvgIpc) is 3.74. The minimum atomic E-state index is -0.695. The Morgan fingerprint density at radius 3 is 2.46 bits per heavy atom. The molecule has 5 N–H and O–H groups in total. The Labute approximate surface area is 360 Å². The molecule has 0 radical (unpaired) electrons. The number of anilines is 3. The van der Waals surface area contributed by atoms with E-state index in [-0.39, 0.29) is 47.7 Å². The predicted octanol–water partition coefficient (Wildman–Crippen LogP) is 6.63. The highest BCUT2D eigenvalue weighted by molar-refractivity contribution is 9.10. The van der Waals surface area contributed by atoms with Gasteiger partial charge in [0, 0.05) is 60.9 Å². The van der Waals surface area contributed by atoms with E-state index in [2.05, 4.69) is 72.7 Å². The standard InChI is InChI=1S/C24H32ClN5O2.C17H15BrClFN4O3/c1-15(2)26-13-19(17-4-6-18(25)7-5-17)24(32)30-10-8-29(9-11-30)23-21-16(3)12-20(31)22(21)27-14-28-23;1-24-8-21-16-13(24)7-10(17(26)23-27-5-4-25)15(14(16)20)22-12-3-2-9(18)6-11(12)19/h4-7,14-16,19-20,26,31H,8-13H2,1-3H3;2-3,6-8,22,25H,4-5H2,1H3,(H,23,26)/t16-,19-,20-;/m1./s1. The number of carbonyl (C=O) groups excluding carboxylic acids is 2. The van der Waals surface area contributed by atoms with Crippen LogP contribution in [-0.4, -0.2) is 98.4 Å². The zero-order chi connectivity index (χ0) is 42.4. The van der Waals surface area contributed by atoms with Gasteiger partial charge in [-0.2, -0.15) is 0 Å². The molecule has 3 atom stereocenters. The smallest absolute Gasteiger partial charge is 0.277 e. The van der Waals surface area contributed by atoms with Crippen molar-refractivity contribution in [2.24, 2.45) is 7.05 Å². The van der Waals surface area contributed by atoms with Crippen molar-refractivity contribution in [3.05, 3.63) is 104 Å². The molecule has 2 amide bonds. The van der Waals surface area contributed by atoms with E-state index < -0.39 is 17.8 Å². The minimum absolute atomic E-state index is 0.000486. The van der Waals surface area contributed by atoms with Crippen molar-refractivity contribution in [3.8, 4) is 0 Å². The van der Waals surface area contributed by atoms with Crippen LogP contribution in [0.5, 0.6) is 0 Å². The fraction of sp³-hybridized carbons (Fsp3) is 0.390. The lowest BCUT2D eigenvalue weighted by Gasteiger charge is -2.38. The maximum Gasteiger partial charge on any atom is 0.277 e. The largest absolute Gasteiger partial charge is 0.394 e. The SMILES string of the molecule is CC(C)NC[C@@H](C(=O)N1CCN(c2ncnc3c2[C@H](C)C[C@H]3O)CC1)c1ccc(Cl)cc1.Cn1cnc2c(F)c(Nc3ccc(Br)cc3Cl)c(C(=O)NOCCO)cc21. The van der Waals surface area contributed by atoms with Crippen LogP contribution in [0.3, 0.4) is 0 Å². The first-order valence-corrected chi connectivity index (χ1v) is 20.8. The summed E-state index contributed by atoms with van der Waals surface area (Å²) in [5.41, 5.74) is 5.84. The molecule has 2 aromatic heterocycles. The number of rotatable bonds is 12. The van der Waals surface area contributed by atoms with E-state index in [1.54, 1.807) is 36.1 Å². The van der Waals surface area contributed by atoms with Crippen molar-refractivity contribution in [2.45, 2.75) is 51.2 Å². The Hall–Kier alpha value is -4.42. The first kappa shape index (κ1) is 44.1. The van der Waals surface area contributed by atoms with Crippen LogP contribution in [0, 0.1) is 5.82 Å². The van der Waals surface area contributed by atoms with Crippen LogP contribution in [0.25, 0.3) is 11.0 Å². The molecule has 1 fully saturated rings. The van der Waals surface area contributed by atoms with Gasteiger partial charge in [0.2, 0.25) is 5.91 Å². The summed E-state index contributed by atoms with van der Waals surface area (Å²) in [4.78, 5) is 47.9. The van der Waals surface area contributed by atoms with Gasteiger partial charge in [-0.05, 0) is 54.3 Å². The number of amides is 2. The van der Waals surface area contributed by atoms with E-state index in [9.17, 15) is 14.7 Å². The van der Waals surface area contributed by atoms with Crippen LogP contribution in [-0.2, 0) is 16.7 Å². The third-order valence-corrected chi connectivity index (χ3v) is 11.3. The zero-order valence-electron chi connectivity index (χ0n) is 33.1. The lowest BCUT2D eigenvalue weighted by molar-refractivity contribution is -0.133. The van der Waals surface area contributed by atoms with Crippen LogP contribution in [0.4, 0.5) is 21.6 Å². The van der Waals surface area contributed by atoms with Crippen molar-refractivity contribution in [1.82, 2.24) is 35.2 Å². The van der Waals surface area contributed by atoms with Crippen LogP contribution in [0.2, 0.25) is 10.0 Å². The maximum atomic E-state index is 15.1. The highest BCUT2D eigenvalue weighted by atomic mass is 79.9. The third kappa shape index (κ3) is 10.3. The number of halogens is 4. The van der Waals surface area contributed by atoms with Gasteiger partial charge in [-0.3, -0.25) is 14.4 Å². The molecule has 7 rings (SSSR count). The van der Waals surface area contributed by atoms with Gasteiger partial charge >= 0.3 is 0 Å². The minimum Gasteiger partial charge on any atom is -0.394 e. The molecule has 14 nitrogen and oxygen atoms in total. The molecule has 0 spiro atoms. The second-order valence-electron chi connectivity index (χ2n) is 14.7. The molecule has 0 unspecified atom stereocenters. The first-order chi connectivity index (χ1) is 28.3. The molecule has 59 heavy (non-hydrogen) atoms. The number of aromatic nitrogens is 4. The van der Waals surface area contributed by atoms with Crippen LogP contribution in [0.1, 0.15) is 72.3 Å². The van der Waals surface area contributed by atoms with E-state index in [4.69, 9.17) is 33.1 Å². The fourth-order valence-corrected chi connectivity index (χ4v) is 8.02. The Kier molecular flexibility index (Phi) is 14.8. The quantitative estimate of drug-likeness (QED) is 0.0673. The number of fused-ring (bicyclic) bond motifs is 2. The number of aliphatic hydroxyl groups excluding tert-OH is 2. The Bertz CT molecular complexity index is 2270. The fourth-order valence-electron chi connectivity index (χ4n) is 7.18. The van der Waals surface area contributed by atoms with Crippen LogP contribution >= 0.6 is 39.1 Å². The second-order valence-corrected chi connectivity index (χ2v) is 16.5. The summed E-state index contributed by atoms with van der Waals surface area (Å²) in [6.45, 7) is 9.21. The summed E-state index contributed by atoms with van der Waals surface area (Å²) in [6, 6.07) is 14.4. The molecule has 0 bridgehead atoms. The molecule has 1 saturated heterocycles. The average molecular weight is 916 g/mol. The van der Waals surface area contributed by atoms with E-state index in [0.717, 1.165) is 27.1 Å². The van der Waals surface area contributed by atoms with E-state index in [0.29, 0.717) is 66.4 Å². The van der Waals surface area contributed by atoms with Crippen molar-refractivity contribution in [1.29, 1.82) is 0 Å². The Morgan fingerprint density at radius 2 is 1.78 bits per heavy atom. The number of aliphatic hydroxyl groups is 2. The van der Waals surface area contributed by atoms with E-state index >= 15 is 4.39 Å². The van der Waals surface area contributed by atoms with Gasteiger partial charge in [0.15, 0.2) is 5.82 Å². The first-order valence-electron chi connectivity index (χ1n) is 19.2. The highest BCUT2D eigenvalue weighted by Gasteiger charge is 2.35. The summed E-state index contributed by atoms with van der Waals surface area (Å²) in [5, 5.41) is 26.4. The van der Waals surface area contributed by atoms with Gasteiger partial charge in [-0.1, -0.05) is 72.0 Å². The number of piperazine rings is 1. The Morgan fingerprint density at radius 1 is 1.05 bits per heavy atom. The molecule has 1 aliphatic heterocycles. The summed E-state index contributed by atoms with van der Waals surface area (Å²) in [7, 11) is 1.69. The number of hydrogen-bond acceptors (Lipinski definition) is 11. The molecule has 314 valence electrons. The van der Waals surface area contributed by atoms with Gasteiger partial charge in [0.25, 0.3) is 5.91 Å². The van der Waals surface area contributed by atoms with E-state index in [1.807, 2.05) is 29.2 Å². The molecule has 0 saturated carbocycles. The Balaban J connectivity index is 0.000000201. The van der Waals surface area contributed by atoms with Crippen molar-refractivity contribution in [2.75, 3.05) is 56.2 Å². The molecule has 3 aromatic carbocycles. The molecule has 3 heterocycles. The zero-order valence-corrected chi connectivity index (χ0v) is 36.2. The van der Waals surface area contributed by atoms with Crippen LogP contribution < -0.4 is 21.0 Å². The van der Waals surface area contributed by atoms with E-state index in [1.165, 1.54) is 12.4 Å². The number of hydrogen-bond donors (Lipinski definition) is 5. The maximum absolute atomic E-state index is 15.1. The number of benzene rings is 3. The number of aryl methyl sites for hydroxylation is 1. The van der Waals surface area contributed by atoms with Crippen molar-refractivity contribution < 1.29 is 29.0 Å². The monoisotopic (exact) mass is 913 g/mol. The van der Waals surface area contributed by atoms with Gasteiger partial charge in [0.05, 0.1) is 64.7 Å². The number of nitrogens with zero attached hydrogens (tertiary/aromatic N) is 6. The summed E-state index contributed by atoms with van der Waals surface area (Å²) in [6.07, 6.45) is 3.17. The molecule has 5 aromatic rings. The number of nitrogens with one attached hydrogen (secondary N) is 3. The lowest BCUT2D eigenvalue weighted by Crippen LogP contribution is -2.51. The lowest BCUT2D eigenvalue weighted by atomic mass is 9.96. The highest BCUT2D eigenvalue weighted by Crippen LogP contribution is 2.43. The molecular formula is C41H47BrCl2FN9O5. The summed E-state index contributed by atoms with van der Waals surface area (Å²) >= 11 is 15.6. The van der Waals surface area contributed by atoms with Crippen molar-refractivity contribution in [3.63, 3.8) is 0 Å². The normalized spacial score (nSPS) is 16.8.